The Morgan fingerprint density at radius 2 is 2.00 bits per heavy atom. The van der Waals surface area contributed by atoms with E-state index in [0.29, 0.717) is 11.9 Å². The van der Waals surface area contributed by atoms with Gasteiger partial charge in [-0.2, -0.15) is 0 Å². The lowest BCUT2D eigenvalue weighted by Crippen LogP contribution is -2.55. The molecule has 1 N–H and O–H groups in total. The first kappa shape index (κ1) is 13.3. The zero-order valence-electron chi connectivity index (χ0n) is 12.2. The van der Waals surface area contributed by atoms with Crippen LogP contribution < -0.4 is 5.32 Å². The molecule has 0 bridgehead atoms. The van der Waals surface area contributed by atoms with Crippen LogP contribution in [0.15, 0.2) is 0 Å². The van der Waals surface area contributed by atoms with Crippen LogP contribution in [0.2, 0.25) is 0 Å². The fraction of sp³-hybridized carbons (Fsp3) is 0.929. The quantitative estimate of drug-likeness (QED) is 0.760. The van der Waals surface area contributed by atoms with Gasteiger partial charge in [-0.25, -0.2) is 0 Å². The lowest BCUT2D eigenvalue weighted by Gasteiger charge is -2.39. The van der Waals surface area contributed by atoms with E-state index in [1.807, 2.05) is 4.90 Å². The number of hydrogen-bond acceptors (Lipinski definition) is 4. The minimum atomic E-state index is -0.195. The van der Waals surface area contributed by atoms with E-state index in [2.05, 4.69) is 29.2 Å². The molecule has 1 saturated carbocycles. The van der Waals surface area contributed by atoms with Crippen LogP contribution in [-0.4, -0.2) is 79.1 Å². The summed E-state index contributed by atoms with van der Waals surface area (Å²) in [6.45, 7) is 4.90. The molecule has 1 aliphatic carbocycles. The molecule has 3 rings (SSSR count). The highest BCUT2D eigenvalue weighted by Crippen LogP contribution is 2.34. The monoisotopic (exact) mass is 266 g/mol. The van der Waals surface area contributed by atoms with Crippen LogP contribution in [0, 0.1) is 0 Å². The number of carbonyl (C=O) groups excluding carboxylic acids is 1. The number of piperazine rings is 1. The Balaban J connectivity index is 1.62. The summed E-state index contributed by atoms with van der Waals surface area (Å²) in [4.78, 5) is 19.4. The number of nitrogens with zero attached hydrogens (tertiary/aromatic N) is 3. The molecule has 0 radical (unpaired) electrons. The standard InChI is InChI=1S/C14H26N4O/c1-16-7-8-17(2)12(9-16)10-18-11-15-14(13(18)19)5-3-4-6-14/h12,15H,3-11H2,1-2H3. The summed E-state index contributed by atoms with van der Waals surface area (Å²) >= 11 is 0. The number of amides is 1. The minimum Gasteiger partial charge on any atom is -0.327 e. The van der Waals surface area contributed by atoms with E-state index in [1.165, 1.54) is 12.8 Å². The Labute approximate surface area is 115 Å². The van der Waals surface area contributed by atoms with Gasteiger partial charge in [-0.15, -0.1) is 0 Å². The second kappa shape index (κ2) is 5.04. The summed E-state index contributed by atoms with van der Waals surface area (Å²) in [5.74, 6) is 0.353. The van der Waals surface area contributed by atoms with Gasteiger partial charge in [-0.1, -0.05) is 12.8 Å². The van der Waals surface area contributed by atoms with Crippen molar-refractivity contribution < 1.29 is 4.79 Å². The van der Waals surface area contributed by atoms with Crippen molar-refractivity contribution >= 4 is 5.91 Å². The zero-order valence-corrected chi connectivity index (χ0v) is 12.2. The van der Waals surface area contributed by atoms with Crippen LogP contribution in [0.25, 0.3) is 0 Å². The van der Waals surface area contributed by atoms with Crippen molar-refractivity contribution in [3.63, 3.8) is 0 Å². The normalized spacial score (nSPS) is 32.6. The number of rotatable bonds is 2. The van der Waals surface area contributed by atoms with Crippen molar-refractivity contribution in [3.05, 3.63) is 0 Å². The highest BCUT2D eigenvalue weighted by Gasteiger charge is 2.48. The topological polar surface area (TPSA) is 38.8 Å². The third-order valence-corrected chi connectivity index (χ3v) is 5.17. The molecular weight excluding hydrogens is 240 g/mol. The van der Waals surface area contributed by atoms with Gasteiger partial charge in [0.2, 0.25) is 5.91 Å². The van der Waals surface area contributed by atoms with Crippen LogP contribution >= 0.6 is 0 Å². The molecule has 5 heteroatoms. The van der Waals surface area contributed by atoms with Gasteiger partial charge < -0.3 is 9.80 Å². The van der Waals surface area contributed by atoms with E-state index < -0.39 is 0 Å². The molecule has 1 spiro atoms. The summed E-state index contributed by atoms with van der Waals surface area (Å²) in [5, 5.41) is 3.49. The molecule has 1 amide bonds. The molecular formula is C14H26N4O. The fourth-order valence-corrected chi connectivity index (χ4v) is 3.77. The van der Waals surface area contributed by atoms with Crippen LogP contribution in [0.3, 0.4) is 0 Å². The summed E-state index contributed by atoms with van der Waals surface area (Å²) in [5.41, 5.74) is -0.195. The zero-order chi connectivity index (χ0) is 13.5. The van der Waals surface area contributed by atoms with E-state index in [9.17, 15) is 4.79 Å². The number of likely N-dealkylation sites (N-methyl/N-ethyl adjacent to an activating group) is 2. The number of nitrogens with one attached hydrogen (secondary N) is 1. The van der Waals surface area contributed by atoms with Gasteiger partial charge in [0, 0.05) is 32.2 Å². The van der Waals surface area contributed by atoms with Crippen molar-refractivity contribution in [1.82, 2.24) is 20.0 Å². The van der Waals surface area contributed by atoms with E-state index >= 15 is 0 Å². The number of hydrogen-bond donors (Lipinski definition) is 1. The molecule has 0 aromatic rings. The van der Waals surface area contributed by atoms with Crippen molar-refractivity contribution in [2.24, 2.45) is 0 Å². The molecule has 0 aromatic carbocycles. The van der Waals surface area contributed by atoms with Gasteiger partial charge >= 0.3 is 0 Å². The molecule has 2 saturated heterocycles. The van der Waals surface area contributed by atoms with Gasteiger partial charge in [-0.05, 0) is 26.9 Å². The van der Waals surface area contributed by atoms with E-state index in [1.54, 1.807) is 0 Å². The van der Waals surface area contributed by atoms with Gasteiger partial charge in [-0.3, -0.25) is 15.0 Å². The molecule has 1 atom stereocenters. The predicted octanol–water partition coefficient (Wildman–Crippen LogP) is -0.0657. The van der Waals surface area contributed by atoms with E-state index in [0.717, 1.165) is 45.7 Å². The van der Waals surface area contributed by atoms with Gasteiger partial charge in [0.1, 0.15) is 0 Å². The first-order chi connectivity index (χ1) is 9.11. The molecule has 2 aliphatic heterocycles. The van der Waals surface area contributed by atoms with Crippen molar-refractivity contribution in [2.45, 2.75) is 37.3 Å². The van der Waals surface area contributed by atoms with Gasteiger partial charge in [0.05, 0.1) is 12.2 Å². The van der Waals surface area contributed by atoms with Crippen LogP contribution in [0.1, 0.15) is 25.7 Å². The van der Waals surface area contributed by atoms with Crippen molar-refractivity contribution in [1.29, 1.82) is 0 Å². The summed E-state index contributed by atoms with van der Waals surface area (Å²) in [7, 11) is 4.35. The maximum atomic E-state index is 12.6. The Hall–Kier alpha value is -0.650. The SMILES string of the molecule is CN1CCN(C)C(CN2CNC3(CCCC3)C2=O)C1. The second-order valence-corrected chi connectivity index (χ2v) is 6.55. The van der Waals surface area contributed by atoms with Gasteiger partial charge in [0.15, 0.2) is 0 Å². The molecule has 19 heavy (non-hydrogen) atoms. The molecule has 3 fully saturated rings. The third-order valence-electron chi connectivity index (χ3n) is 5.17. The Morgan fingerprint density at radius 1 is 1.26 bits per heavy atom. The molecule has 3 aliphatic rings. The lowest BCUT2D eigenvalue weighted by molar-refractivity contribution is -0.133. The molecule has 0 aromatic heterocycles. The van der Waals surface area contributed by atoms with Crippen LogP contribution in [-0.2, 0) is 4.79 Å². The molecule has 108 valence electrons. The first-order valence-corrected chi connectivity index (χ1v) is 7.54. The molecule has 5 nitrogen and oxygen atoms in total. The van der Waals surface area contributed by atoms with Gasteiger partial charge in [0.25, 0.3) is 0 Å². The Kier molecular flexibility index (Phi) is 3.53. The Bertz CT molecular complexity index is 353. The summed E-state index contributed by atoms with van der Waals surface area (Å²) < 4.78 is 0. The lowest BCUT2D eigenvalue weighted by atomic mass is 9.98. The first-order valence-electron chi connectivity index (χ1n) is 7.54. The summed E-state index contributed by atoms with van der Waals surface area (Å²) in [6, 6.07) is 0.473. The predicted molar refractivity (Wildman–Crippen MR) is 74.8 cm³/mol. The number of carbonyl (C=O) groups is 1. The smallest absolute Gasteiger partial charge is 0.244 e. The highest BCUT2D eigenvalue weighted by atomic mass is 16.2. The highest BCUT2D eigenvalue weighted by molar-refractivity contribution is 5.88. The van der Waals surface area contributed by atoms with Crippen molar-refractivity contribution in [3.8, 4) is 0 Å². The molecule has 1 unspecified atom stereocenters. The Morgan fingerprint density at radius 3 is 2.74 bits per heavy atom. The molecule has 2 heterocycles. The third kappa shape index (κ3) is 2.39. The average molecular weight is 266 g/mol. The maximum Gasteiger partial charge on any atom is 0.244 e. The van der Waals surface area contributed by atoms with Crippen LogP contribution in [0.4, 0.5) is 0 Å². The summed E-state index contributed by atoms with van der Waals surface area (Å²) in [6.07, 6.45) is 4.45. The maximum absolute atomic E-state index is 12.6. The second-order valence-electron chi connectivity index (χ2n) is 6.55. The van der Waals surface area contributed by atoms with Crippen molar-refractivity contribution in [2.75, 3.05) is 46.9 Å². The van der Waals surface area contributed by atoms with E-state index in [-0.39, 0.29) is 5.54 Å². The van der Waals surface area contributed by atoms with E-state index in [4.69, 9.17) is 0 Å². The largest absolute Gasteiger partial charge is 0.327 e. The fourth-order valence-electron chi connectivity index (χ4n) is 3.77. The minimum absolute atomic E-state index is 0.195. The van der Waals surface area contributed by atoms with Crippen LogP contribution in [0.5, 0.6) is 0 Å². The average Bonchev–Trinajstić information content (AvgIpc) is 2.98.